The number of benzene rings is 1. The van der Waals surface area contributed by atoms with Gasteiger partial charge in [0.1, 0.15) is 5.82 Å². The zero-order valence-electron chi connectivity index (χ0n) is 19.6. The number of sulfonamides is 1. The Labute approximate surface area is 192 Å². The highest BCUT2D eigenvalue weighted by Crippen LogP contribution is 2.23. The van der Waals surface area contributed by atoms with E-state index in [0.717, 1.165) is 31.0 Å². The van der Waals surface area contributed by atoms with Crippen molar-refractivity contribution >= 4 is 27.0 Å². The Kier molecular flexibility index (Phi) is 8.67. The summed E-state index contributed by atoms with van der Waals surface area (Å²) < 4.78 is 29.2. The Balaban J connectivity index is 1.65. The van der Waals surface area contributed by atoms with Gasteiger partial charge in [-0.3, -0.25) is 4.79 Å². The first-order valence-electron chi connectivity index (χ1n) is 11.9. The van der Waals surface area contributed by atoms with Gasteiger partial charge < -0.3 is 14.8 Å². The molecule has 1 aliphatic rings. The highest BCUT2D eigenvalue weighted by molar-refractivity contribution is 7.89. The van der Waals surface area contributed by atoms with Gasteiger partial charge in [-0.25, -0.2) is 13.4 Å². The third kappa shape index (κ3) is 5.68. The van der Waals surface area contributed by atoms with Crippen molar-refractivity contribution < 1.29 is 13.2 Å². The standard InChI is InChI=1S/C23H37N5O3S/c1-4-27(5-2)32(30,31)19-10-11-21-20(18-19)25-22(28(21)6-3)12-13-23(29)24-14-17-26-15-8-7-9-16-26/h10-11,18H,4-9,12-17H2,1-3H3,(H,24,29). The maximum atomic E-state index is 12.9. The largest absolute Gasteiger partial charge is 0.355 e. The fraction of sp³-hybridized carbons (Fsp3) is 0.652. The van der Waals surface area contributed by atoms with E-state index in [2.05, 4.69) is 19.8 Å². The number of likely N-dealkylation sites (tertiary alicyclic amines) is 1. The maximum Gasteiger partial charge on any atom is 0.243 e. The lowest BCUT2D eigenvalue weighted by molar-refractivity contribution is -0.121. The zero-order chi connectivity index (χ0) is 23.1. The summed E-state index contributed by atoms with van der Waals surface area (Å²) in [6.07, 6.45) is 4.70. The van der Waals surface area contributed by atoms with Crippen LogP contribution in [0.25, 0.3) is 11.0 Å². The summed E-state index contributed by atoms with van der Waals surface area (Å²) in [6, 6.07) is 5.13. The van der Waals surface area contributed by atoms with Crippen molar-refractivity contribution in [2.45, 2.75) is 64.3 Å². The van der Waals surface area contributed by atoms with E-state index in [0.29, 0.717) is 44.5 Å². The molecule has 1 saturated heterocycles. The van der Waals surface area contributed by atoms with Gasteiger partial charge in [0.15, 0.2) is 0 Å². The van der Waals surface area contributed by atoms with E-state index in [1.54, 1.807) is 12.1 Å². The van der Waals surface area contributed by atoms with Crippen molar-refractivity contribution in [3.05, 3.63) is 24.0 Å². The number of hydrogen-bond acceptors (Lipinski definition) is 5. The normalized spacial score (nSPS) is 15.5. The summed E-state index contributed by atoms with van der Waals surface area (Å²) >= 11 is 0. The van der Waals surface area contributed by atoms with Crippen molar-refractivity contribution in [2.75, 3.05) is 39.3 Å². The highest BCUT2D eigenvalue weighted by atomic mass is 32.2. The minimum Gasteiger partial charge on any atom is -0.355 e. The molecule has 8 nitrogen and oxygen atoms in total. The molecule has 1 aliphatic heterocycles. The lowest BCUT2D eigenvalue weighted by Gasteiger charge is -2.26. The number of rotatable bonds is 11. The predicted molar refractivity (Wildman–Crippen MR) is 127 cm³/mol. The quantitative estimate of drug-likeness (QED) is 0.554. The first-order valence-corrected chi connectivity index (χ1v) is 13.3. The second-order valence-electron chi connectivity index (χ2n) is 8.26. The molecule has 0 unspecified atom stereocenters. The Morgan fingerprint density at radius 3 is 2.50 bits per heavy atom. The molecule has 0 atom stereocenters. The third-order valence-corrected chi connectivity index (χ3v) is 8.28. The summed E-state index contributed by atoms with van der Waals surface area (Å²) in [7, 11) is -3.53. The van der Waals surface area contributed by atoms with Gasteiger partial charge in [-0.1, -0.05) is 20.3 Å². The first kappa shape index (κ1) is 24.7. The van der Waals surface area contributed by atoms with Crippen LogP contribution in [-0.4, -0.2) is 72.3 Å². The van der Waals surface area contributed by atoms with E-state index < -0.39 is 10.0 Å². The molecule has 0 spiro atoms. The number of imidazole rings is 1. The summed E-state index contributed by atoms with van der Waals surface area (Å²) in [5.41, 5.74) is 1.55. The van der Waals surface area contributed by atoms with Crippen LogP contribution in [0.1, 0.15) is 52.3 Å². The highest BCUT2D eigenvalue weighted by Gasteiger charge is 2.23. The average Bonchev–Trinajstić information content (AvgIpc) is 3.15. The third-order valence-electron chi connectivity index (χ3n) is 6.23. The fourth-order valence-electron chi connectivity index (χ4n) is 4.43. The molecule has 3 rings (SSSR count). The number of hydrogen-bond donors (Lipinski definition) is 1. The van der Waals surface area contributed by atoms with Crippen molar-refractivity contribution in [2.24, 2.45) is 0 Å². The van der Waals surface area contributed by atoms with E-state index in [1.807, 2.05) is 26.8 Å². The Bertz CT molecular complexity index is 1010. The van der Waals surface area contributed by atoms with Crippen molar-refractivity contribution in [3.8, 4) is 0 Å². The van der Waals surface area contributed by atoms with Crippen LogP contribution in [0.5, 0.6) is 0 Å². The van der Waals surface area contributed by atoms with E-state index in [4.69, 9.17) is 0 Å². The number of carbonyl (C=O) groups excluding carboxylic acids is 1. The Morgan fingerprint density at radius 2 is 1.84 bits per heavy atom. The predicted octanol–water partition coefficient (Wildman–Crippen LogP) is 2.62. The summed E-state index contributed by atoms with van der Waals surface area (Å²) in [5.74, 6) is 0.840. The van der Waals surface area contributed by atoms with Crippen molar-refractivity contribution in [3.63, 3.8) is 0 Å². The van der Waals surface area contributed by atoms with Gasteiger partial charge in [-0.05, 0) is 51.1 Å². The maximum absolute atomic E-state index is 12.9. The van der Waals surface area contributed by atoms with Crippen molar-refractivity contribution in [1.29, 1.82) is 0 Å². The lowest BCUT2D eigenvalue weighted by Crippen LogP contribution is -2.37. The zero-order valence-corrected chi connectivity index (χ0v) is 20.5. The summed E-state index contributed by atoms with van der Waals surface area (Å²) in [6.45, 7) is 11.1. The number of aromatic nitrogens is 2. The van der Waals surface area contributed by atoms with E-state index in [1.165, 1.54) is 23.6 Å². The van der Waals surface area contributed by atoms with E-state index >= 15 is 0 Å². The second-order valence-corrected chi connectivity index (χ2v) is 10.2. The summed E-state index contributed by atoms with van der Waals surface area (Å²) in [4.78, 5) is 19.7. The monoisotopic (exact) mass is 463 g/mol. The molecule has 178 valence electrons. The van der Waals surface area contributed by atoms with Crippen LogP contribution in [0.3, 0.4) is 0 Å². The first-order chi connectivity index (χ1) is 15.4. The number of nitrogens with one attached hydrogen (secondary N) is 1. The number of amides is 1. The molecule has 1 aromatic carbocycles. The lowest BCUT2D eigenvalue weighted by atomic mass is 10.1. The SMILES string of the molecule is CCN(CC)S(=O)(=O)c1ccc2c(c1)nc(CCC(=O)NCCN1CCCCC1)n2CC. The molecule has 32 heavy (non-hydrogen) atoms. The molecule has 2 aromatic rings. The molecular weight excluding hydrogens is 426 g/mol. The number of aryl methyl sites for hydroxylation is 2. The topological polar surface area (TPSA) is 87.5 Å². The van der Waals surface area contributed by atoms with Gasteiger partial charge in [0.05, 0.1) is 15.9 Å². The van der Waals surface area contributed by atoms with Crippen LogP contribution in [0, 0.1) is 0 Å². The minimum atomic E-state index is -3.53. The minimum absolute atomic E-state index is 0.0292. The number of carbonyl (C=O) groups is 1. The molecule has 1 amide bonds. The van der Waals surface area contributed by atoms with Gasteiger partial charge in [0, 0.05) is 45.6 Å². The van der Waals surface area contributed by atoms with Crippen LogP contribution in [-0.2, 0) is 27.8 Å². The second kappa shape index (κ2) is 11.2. The van der Waals surface area contributed by atoms with Gasteiger partial charge in [-0.15, -0.1) is 0 Å². The van der Waals surface area contributed by atoms with Crippen LogP contribution < -0.4 is 5.32 Å². The van der Waals surface area contributed by atoms with Crippen molar-refractivity contribution in [1.82, 2.24) is 24.1 Å². The van der Waals surface area contributed by atoms with Gasteiger partial charge in [0.2, 0.25) is 15.9 Å². The number of piperidine rings is 1. The molecule has 0 aliphatic carbocycles. The molecule has 0 radical (unpaired) electrons. The van der Waals surface area contributed by atoms with Crippen LogP contribution >= 0.6 is 0 Å². The fourth-order valence-corrected chi connectivity index (χ4v) is 5.90. The number of fused-ring (bicyclic) bond motifs is 1. The molecule has 9 heteroatoms. The molecule has 0 bridgehead atoms. The average molecular weight is 464 g/mol. The molecule has 0 saturated carbocycles. The molecule has 1 N–H and O–H groups in total. The van der Waals surface area contributed by atoms with Gasteiger partial charge in [-0.2, -0.15) is 4.31 Å². The van der Waals surface area contributed by atoms with Crippen LogP contribution in [0.4, 0.5) is 0 Å². The molecule has 1 fully saturated rings. The van der Waals surface area contributed by atoms with Gasteiger partial charge >= 0.3 is 0 Å². The molecular formula is C23H37N5O3S. The molecule has 1 aromatic heterocycles. The van der Waals surface area contributed by atoms with E-state index in [9.17, 15) is 13.2 Å². The number of nitrogens with zero attached hydrogens (tertiary/aromatic N) is 4. The van der Waals surface area contributed by atoms with Gasteiger partial charge in [0.25, 0.3) is 0 Å². The van der Waals surface area contributed by atoms with Crippen LogP contribution in [0.2, 0.25) is 0 Å². The smallest absolute Gasteiger partial charge is 0.243 e. The van der Waals surface area contributed by atoms with Crippen LogP contribution in [0.15, 0.2) is 23.1 Å². The molecule has 2 heterocycles. The Morgan fingerprint density at radius 1 is 1.12 bits per heavy atom. The van der Waals surface area contributed by atoms with E-state index in [-0.39, 0.29) is 10.8 Å². The Hall–Kier alpha value is -1.97. The summed E-state index contributed by atoms with van der Waals surface area (Å²) in [5, 5.41) is 3.02.